The number of furan rings is 1. The van der Waals surface area contributed by atoms with Crippen LogP contribution in [-0.2, 0) is 14.8 Å². The van der Waals surface area contributed by atoms with Gasteiger partial charge >= 0.3 is 11.9 Å². The summed E-state index contributed by atoms with van der Waals surface area (Å²) in [5.41, 5.74) is 2.92. The van der Waals surface area contributed by atoms with E-state index in [0.717, 1.165) is 17.9 Å². The van der Waals surface area contributed by atoms with E-state index in [2.05, 4.69) is 4.72 Å². The lowest BCUT2D eigenvalue weighted by atomic mass is 9.97. The van der Waals surface area contributed by atoms with Gasteiger partial charge in [-0.1, -0.05) is 60.7 Å². The molecule has 39 heavy (non-hydrogen) atoms. The van der Waals surface area contributed by atoms with Crippen LogP contribution in [0.1, 0.15) is 31.3 Å². The van der Waals surface area contributed by atoms with E-state index in [0.29, 0.717) is 16.7 Å². The molecule has 11 nitrogen and oxygen atoms in total. The van der Waals surface area contributed by atoms with E-state index < -0.39 is 39.0 Å². The summed E-state index contributed by atoms with van der Waals surface area (Å²) >= 11 is 0. The maximum absolute atomic E-state index is 13.3. The Morgan fingerprint density at radius 2 is 1.49 bits per heavy atom. The van der Waals surface area contributed by atoms with Crippen LogP contribution in [0, 0.1) is 0 Å². The van der Waals surface area contributed by atoms with Crippen molar-refractivity contribution >= 4 is 33.6 Å². The van der Waals surface area contributed by atoms with E-state index in [-0.39, 0.29) is 17.2 Å². The number of esters is 2. The Bertz CT molecular complexity index is 1650. The molecule has 0 aliphatic carbocycles. The first-order valence-electron chi connectivity index (χ1n) is 11.3. The van der Waals surface area contributed by atoms with Crippen molar-refractivity contribution in [3.05, 3.63) is 95.9 Å². The van der Waals surface area contributed by atoms with Gasteiger partial charge in [-0.15, -0.1) is 0 Å². The minimum absolute atomic E-state index is 0.0770. The number of carbonyl (C=O) groups is 3. The van der Waals surface area contributed by atoms with Crippen LogP contribution < -0.4 is 20.7 Å². The van der Waals surface area contributed by atoms with E-state index in [9.17, 15) is 22.8 Å². The van der Waals surface area contributed by atoms with Crippen molar-refractivity contribution in [3.63, 3.8) is 0 Å². The fraction of sp³-hybridized carbons (Fsp3) is 0.0741. The average Bonchev–Trinajstić information content (AvgIpc) is 3.38. The fourth-order valence-corrected chi connectivity index (χ4v) is 4.51. The lowest BCUT2D eigenvalue weighted by Gasteiger charge is -2.16. The van der Waals surface area contributed by atoms with E-state index in [1.165, 1.54) is 19.4 Å². The Kier molecular flexibility index (Phi) is 7.79. The number of hydrogen-bond donors (Lipinski definition) is 3. The van der Waals surface area contributed by atoms with Crippen LogP contribution in [-0.4, -0.2) is 39.6 Å². The van der Waals surface area contributed by atoms with Gasteiger partial charge in [-0.3, -0.25) is 14.9 Å². The maximum atomic E-state index is 13.3. The Balaban J connectivity index is 1.78. The first kappa shape index (κ1) is 27.1. The third kappa shape index (κ3) is 5.81. The van der Waals surface area contributed by atoms with E-state index in [4.69, 9.17) is 19.7 Å². The Hall–Kier alpha value is -4.94. The van der Waals surface area contributed by atoms with Gasteiger partial charge in [0.15, 0.2) is 0 Å². The number of rotatable bonds is 8. The molecule has 4 aromatic rings. The average molecular weight is 550 g/mol. The largest absolute Gasteiger partial charge is 0.495 e. The van der Waals surface area contributed by atoms with Crippen LogP contribution >= 0.6 is 0 Å². The molecule has 4 N–H and O–H groups in total. The van der Waals surface area contributed by atoms with Crippen LogP contribution in [0.3, 0.4) is 0 Å². The number of nitrogens with one attached hydrogen (secondary N) is 2. The zero-order valence-corrected chi connectivity index (χ0v) is 21.6. The summed E-state index contributed by atoms with van der Waals surface area (Å²) in [5, 5.41) is 0. The first-order valence-corrected chi connectivity index (χ1v) is 13.2. The van der Waals surface area contributed by atoms with Gasteiger partial charge in [0.2, 0.25) is 15.8 Å². The number of nitrogens with two attached hydrogens (primary N) is 1. The quantitative estimate of drug-likeness (QED) is 0.0978. The molecule has 0 saturated heterocycles. The summed E-state index contributed by atoms with van der Waals surface area (Å²) in [6, 6.07) is 20.5. The van der Waals surface area contributed by atoms with Crippen molar-refractivity contribution in [1.82, 2.24) is 5.43 Å². The van der Waals surface area contributed by atoms with Gasteiger partial charge in [-0.25, -0.2) is 23.8 Å². The zero-order chi connectivity index (χ0) is 28.2. The number of ether oxygens (including phenoxy) is 2. The third-order valence-electron chi connectivity index (χ3n) is 5.56. The highest BCUT2D eigenvalue weighted by atomic mass is 32.2. The lowest BCUT2D eigenvalue weighted by Crippen LogP contribution is -2.33. The highest BCUT2D eigenvalue weighted by molar-refractivity contribution is 7.92. The highest BCUT2D eigenvalue weighted by Crippen LogP contribution is 2.37. The van der Waals surface area contributed by atoms with Crippen LogP contribution in [0.2, 0.25) is 0 Å². The van der Waals surface area contributed by atoms with Gasteiger partial charge in [0, 0.05) is 11.1 Å². The van der Waals surface area contributed by atoms with Crippen molar-refractivity contribution in [3.8, 4) is 28.0 Å². The molecular weight excluding hydrogens is 526 g/mol. The van der Waals surface area contributed by atoms with Gasteiger partial charge in [-0.05, 0) is 23.3 Å². The normalized spacial score (nSPS) is 10.9. The van der Waals surface area contributed by atoms with Crippen molar-refractivity contribution in [2.45, 2.75) is 0 Å². The lowest BCUT2D eigenvalue weighted by molar-refractivity contribution is 0.0374. The second-order valence-corrected chi connectivity index (χ2v) is 9.92. The third-order valence-corrected chi connectivity index (χ3v) is 6.14. The molecule has 12 heteroatoms. The van der Waals surface area contributed by atoms with Crippen LogP contribution in [0.25, 0.3) is 22.3 Å². The molecular formula is C27H23N3O8S. The van der Waals surface area contributed by atoms with Gasteiger partial charge in [0.05, 0.1) is 24.5 Å². The number of anilines is 1. The molecule has 0 radical (unpaired) electrons. The number of sulfonamides is 1. The van der Waals surface area contributed by atoms with E-state index in [1.807, 2.05) is 41.8 Å². The molecule has 0 aliphatic rings. The molecule has 0 spiro atoms. The van der Waals surface area contributed by atoms with Gasteiger partial charge in [0.25, 0.3) is 5.91 Å². The second kappa shape index (κ2) is 11.2. The molecule has 1 amide bonds. The SMILES string of the molecule is COc1ccc(C(=O)OC(=O)c2occ(-c3ccccc3)c2-c2ccccc2)c(C(=O)NN)c1NS(C)(=O)=O. The summed E-state index contributed by atoms with van der Waals surface area (Å²) in [6.45, 7) is 0. The molecule has 4 rings (SSSR count). The van der Waals surface area contributed by atoms with Gasteiger partial charge in [-0.2, -0.15) is 0 Å². The molecule has 0 unspecified atom stereocenters. The number of hydrogen-bond acceptors (Lipinski definition) is 9. The number of benzene rings is 3. The second-order valence-electron chi connectivity index (χ2n) is 8.18. The number of amides is 1. The standard InChI is InChI=1S/C27H23N3O8S/c1-36-20-14-13-18(22(25(31)29-28)23(20)30-39(2,34)35)26(32)38-27(33)24-21(17-11-7-4-8-12-17)19(15-37-24)16-9-5-3-6-10-16/h3-15,30H,28H2,1-2H3,(H,29,31). The molecule has 3 aromatic carbocycles. The van der Waals surface area contributed by atoms with E-state index in [1.54, 1.807) is 24.3 Å². The van der Waals surface area contributed by atoms with Crippen molar-refractivity contribution in [1.29, 1.82) is 0 Å². The number of methoxy groups -OCH3 is 1. The van der Waals surface area contributed by atoms with Gasteiger partial charge < -0.3 is 13.9 Å². The van der Waals surface area contributed by atoms with Gasteiger partial charge in [0.1, 0.15) is 17.7 Å². The molecule has 0 saturated carbocycles. The smallest absolute Gasteiger partial charge is 0.382 e. The predicted octanol–water partition coefficient (Wildman–Crippen LogP) is 3.59. The fourth-order valence-electron chi connectivity index (χ4n) is 3.93. The van der Waals surface area contributed by atoms with Crippen LogP contribution in [0.15, 0.2) is 83.5 Å². The van der Waals surface area contributed by atoms with E-state index >= 15 is 0 Å². The highest BCUT2D eigenvalue weighted by Gasteiger charge is 2.30. The topological polar surface area (TPSA) is 167 Å². The monoisotopic (exact) mass is 549 g/mol. The number of carbonyl (C=O) groups excluding carboxylic acids is 3. The summed E-state index contributed by atoms with van der Waals surface area (Å²) in [4.78, 5) is 39.1. The Labute approximate surface area is 223 Å². The molecule has 0 aliphatic heterocycles. The predicted molar refractivity (Wildman–Crippen MR) is 142 cm³/mol. The molecule has 0 bridgehead atoms. The summed E-state index contributed by atoms with van der Waals surface area (Å²) in [6.07, 6.45) is 2.23. The first-order chi connectivity index (χ1) is 18.6. The molecule has 0 fully saturated rings. The maximum Gasteiger partial charge on any atom is 0.382 e. The summed E-state index contributed by atoms with van der Waals surface area (Å²) in [7, 11) is -2.69. The van der Waals surface area contributed by atoms with Crippen LogP contribution in [0.5, 0.6) is 5.75 Å². The summed E-state index contributed by atoms with van der Waals surface area (Å²) in [5.74, 6) is 1.53. The van der Waals surface area contributed by atoms with Crippen molar-refractivity contribution in [2.24, 2.45) is 5.84 Å². The van der Waals surface area contributed by atoms with Crippen molar-refractivity contribution in [2.75, 3.05) is 18.1 Å². The molecule has 1 heterocycles. The number of nitrogen functional groups attached to an aromatic ring is 1. The molecule has 0 atom stereocenters. The minimum Gasteiger partial charge on any atom is -0.495 e. The number of hydrazine groups is 1. The zero-order valence-electron chi connectivity index (χ0n) is 20.8. The Morgan fingerprint density at radius 1 is 0.872 bits per heavy atom. The Morgan fingerprint density at radius 3 is 2.05 bits per heavy atom. The molecule has 1 aromatic heterocycles. The minimum atomic E-state index is -3.93. The van der Waals surface area contributed by atoms with Crippen LogP contribution in [0.4, 0.5) is 5.69 Å². The molecule has 200 valence electrons. The van der Waals surface area contributed by atoms with Crippen molar-refractivity contribution < 1.29 is 36.7 Å². The summed E-state index contributed by atoms with van der Waals surface area (Å²) < 4.78 is 41.9.